The van der Waals surface area contributed by atoms with Crippen LogP contribution in [0.15, 0.2) is 79.3 Å². The first-order valence-corrected chi connectivity index (χ1v) is 9.45. The molecule has 0 aliphatic heterocycles. The van der Waals surface area contributed by atoms with Crippen LogP contribution in [0.25, 0.3) is 11.0 Å². The van der Waals surface area contributed by atoms with Crippen LogP contribution in [0.4, 0.5) is 0 Å². The first-order valence-electron chi connectivity index (χ1n) is 9.45. The van der Waals surface area contributed by atoms with E-state index in [1.165, 1.54) is 0 Å². The number of benzene rings is 2. The van der Waals surface area contributed by atoms with E-state index in [2.05, 4.69) is 22.2 Å². The smallest absolute Gasteiger partial charge is 0.251 e. The molecule has 2 aromatic carbocycles. The lowest BCUT2D eigenvalue weighted by Gasteiger charge is -2.17. The number of nitrogens with zero attached hydrogens (tertiary/aromatic N) is 3. The van der Waals surface area contributed by atoms with Crippen molar-refractivity contribution in [2.75, 3.05) is 0 Å². The number of fused-ring (bicyclic) bond motifs is 1. The maximum Gasteiger partial charge on any atom is 0.251 e. The van der Waals surface area contributed by atoms with Gasteiger partial charge in [0.25, 0.3) is 5.91 Å². The van der Waals surface area contributed by atoms with Crippen molar-refractivity contribution in [3.05, 3.63) is 96.1 Å². The molecular weight excluding hydrogens is 348 g/mol. The fraction of sp³-hybridized carbons (Fsp3) is 0.174. The molecule has 0 fully saturated rings. The number of imidazole rings is 1. The molecule has 0 aliphatic carbocycles. The van der Waals surface area contributed by atoms with Crippen LogP contribution >= 0.6 is 0 Å². The number of aromatic nitrogens is 3. The Morgan fingerprint density at radius 3 is 2.61 bits per heavy atom. The summed E-state index contributed by atoms with van der Waals surface area (Å²) in [7, 11) is 0. The topological polar surface area (TPSA) is 59.8 Å². The summed E-state index contributed by atoms with van der Waals surface area (Å²) in [5, 5.41) is 3.13. The predicted molar refractivity (Wildman–Crippen MR) is 110 cm³/mol. The van der Waals surface area contributed by atoms with Crippen LogP contribution in [0, 0.1) is 0 Å². The number of hydrogen-bond acceptors (Lipinski definition) is 3. The van der Waals surface area contributed by atoms with Crippen molar-refractivity contribution in [1.29, 1.82) is 0 Å². The molecule has 0 bridgehead atoms. The summed E-state index contributed by atoms with van der Waals surface area (Å²) in [5.74, 6) is -0.0862. The Morgan fingerprint density at radius 1 is 1.04 bits per heavy atom. The van der Waals surface area contributed by atoms with Gasteiger partial charge in [-0.05, 0) is 42.3 Å². The maximum atomic E-state index is 12.8. The van der Waals surface area contributed by atoms with Crippen LogP contribution in [-0.2, 0) is 6.54 Å². The molecule has 1 amide bonds. The number of nitrogens with one attached hydrogen (secondary N) is 1. The lowest BCUT2D eigenvalue weighted by Crippen LogP contribution is -2.28. The number of pyridine rings is 1. The number of hydrogen-bond donors (Lipinski definition) is 1. The first-order chi connectivity index (χ1) is 13.7. The molecule has 0 radical (unpaired) electrons. The summed E-state index contributed by atoms with van der Waals surface area (Å²) in [6, 6.07) is 21.5. The molecule has 5 heteroatoms. The second-order valence-corrected chi connectivity index (χ2v) is 6.74. The van der Waals surface area contributed by atoms with Gasteiger partial charge in [-0.3, -0.25) is 9.78 Å². The van der Waals surface area contributed by atoms with Gasteiger partial charge in [0.2, 0.25) is 0 Å². The second-order valence-electron chi connectivity index (χ2n) is 6.74. The van der Waals surface area contributed by atoms with Gasteiger partial charge in [-0.2, -0.15) is 0 Å². The number of carbonyl (C=O) groups is 1. The molecule has 4 rings (SSSR count). The molecule has 1 atom stereocenters. The fourth-order valence-electron chi connectivity index (χ4n) is 3.35. The Bertz CT molecular complexity index is 1070. The van der Waals surface area contributed by atoms with Crippen LogP contribution in [-0.4, -0.2) is 20.4 Å². The third-order valence-corrected chi connectivity index (χ3v) is 4.86. The predicted octanol–water partition coefficient (Wildman–Crippen LogP) is 4.36. The number of rotatable bonds is 6. The normalized spacial score (nSPS) is 12.0. The molecule has 5 nitrogen and oxygen atoms in total. The molecule has 0 saturated carbocycles. The quantitative estimate of drug-likeness (QED) is 0.548. The Kier molecular flexibility index (Phi) is 5.15. The average Bonchev–Trinajstić information content (AvgIpc) is 3.15. The van der Waals surface area contributed by atoms with E-state index in [9.17, 15) is 4.79 Å². The van der Waals surface area contributed by atoms with Crippen molar-refractivity contribution in [2.45, 2.75) is 25.9 Å². The molecule has 0 spiro atoms. The van der Waals surface area contributed by atoms with Gasteiger partial charge in [0, 0.05) is 11.8 Å². The van der Waals surface area contributed by atoms with E-state index in [0.717, 1.165) is 28.7 Å². The van der Waals surface area contributed by atoms with E-state index in [4.69, 9.17) is 0 Å². The summed E-state index contributed by atoms with van der Waals surface area (Å²) in [5.41, 5.74) is 4.48. The number of amides is 1. The highest BCUT2D eigenvalue weighted by molar-refractivity contribution is 5.97. The summed E-state index contributed by atoms with van der Waals surface area (Å²) < 4.78 is 2.04. The first kappa shape index (κ1) is 17.9. The maximum absolute atomic E-state index is 12.8. The average molecular weight is 370 g/mol. The minimum Gasteiger partial charge on any atom is -0.345 e. The molecule has 4 aromatic rings. The Balaban J connectivity index is 1.54. The molecule has 140 valence electrons. The minimum atomic E-state index is -0.0862. The van der Waals surface area contributed by atoms with E-state index in [1.54, 1.807) is 12.5 Å². The van der Waals surface area contributed by atoms with E-state index >= 15 is 0 Å². The lowest BCUT2D eigenvalue weighted by atomic mass is 10.0. The van der Waals surface area contributed by atoms with Gasteiger partial charge in [-0.15, -0.1) is 0 Å². The zero-order valence-corrected chi connectivity index (χ0v) is 15.7. The molecule has 1 N–H and O–H groups in total. The van der Waals surface area contributed by atoms with E-state index in [-0.39, 0.29) is 11.9 Å². The summed E-state index contributed by atoms with van der Waals surface area (Å²) in [6.07, 6.45) is 4.41. The van der Waals surface area contributed by atoms with E-state index in [1.807, 2.05) is 71.3 Å². The van der Waals surface area contributed by atoms with Gasteiger partial charge in [-0.1, -0.05) is 43.3 Å². The highest BCUT2D eigenvalue weighted by atomic mass is 16.1. The van der Waals surface area contributed by atoms with Crippen LogP contribution in [0.1, 0.15) is 41.0 Å². The molecule has 2 heterocycles. The van der Waals surface area contributed by atoms with Gasteiger partial charge in [0.1, 0.15) is 0 Å². The molecular formula is C23H22N4O. The zero-order chi connectivity index (χ0) is 19.3. The highest BCUT2D eigenvalue weighted by Gasteiger charge is 2.15. The molecule has 0 aliphatic rings. The SMILES string of the molecule is CC[C@@H](NC(=O)c1ccc2c(c1)ncn2Cc1ccccn1)c1ccccc1. The van der Waals surface area contributed by atoms with Gasteiger partial charge < -0.3 is 9.88 Å². The third-order valence-electron chi connectivity index (χ3n) is 4.86. The molecule has 0 unspecified atom stereocenters. The van der Waals surface area contributed by atoms with Gasteiger partial charge in [-0.25, -0.2) is 4.98 Å². The van der Waals surface area contributed by atoms with Crippen molar-refractivity contribution >= 4 is 16.9 Å². The van der Waals surface area contributed by atoms with Crippen LogP contribution in [0.2, 0.25) is 0 Å². The van der Waals surface area contributed by atoms with Crippen molar-refractivity contribution in [2.24, 2.45) is 0 Å². The third kappa shape index (κ3) is 3.78. The van der Waals surface area contributed by atoms with Crippen molar-refractivity contribution in [3.8, 4) is 0 Å². The Labute approximate surface area is 164 Å². The summed E-state index contributed by atoms with van der Waals surface area (Å²) >= 11 is 0. The molecule has 28 heavy (non-hydrogen) atoms. The summed E-state index contributed by atoms with van der Waals surface area (Å²) in [6.45, 7) is 2.72. The van der Waals surface area contributed by atoms with Crippen molar-refractivity contribution < 1.29 is 4.79 Å². The molecule has 2 aromatic heterocycles. The largest absolute Gasteiger partial charge is 0.345 e. The van der Waals surface area contributed by atoms with Crippen molar-refractivity contribution in [3.63, 3.8) is 0 Å². The molecule has 0 saturated heterocycles. The second kappa shape index (κ2) is 8.05. The Hall–Kier alpha value is -3.47. The summed E-state index contributed by atoms with van der Waals surface area (Å²) in [4.78, 5) is 21.6. The standard InChI is InChI=1S/C23H22N4O/c1-2-20(17-8-4-3-5-9-17)26-23(28)18-11-12-22-21(14-18)25-16-27(22)15-19-10-6-7-13-24-19/h3-14,16,20H,2,15H2,1H3,(H,26,28)/t20-/m1/s1. The van der Waals surface area contributed by atoms with Gasteiger partial charge in [0.15, 0.2) is 0 Å². The zero-order valence-electron chi connectivity index (χ0n) is 15.7. The van der Waals surface area contributed by atoms with Crippen LogP contribution in [0.3, 0.4) is 0 Å². The van der Waals surface area contributed by atoms with E-state index < -0.39 is 0 Å². The minimum absolute atomic E-state index is 0.00823. The van der Waals surface area contributed by atoms with Crippen LogP contribution < -0.4 is 5.32 Å². The monoisotopic (exact) mass is 370 g/mol. The highest BCUT2D eigenvalue weighted by Crippen LogP contribution is 2.19. The van der Waals surface area contributed by atoms with Gasteiger partial charge >= 0.3 is 0 Å². The number of carbonyl (C=O) groups excluding carboxylic acids is 1. The van der Waals surface area contributed by atoms with E-state index in [0.29, 0.717) is 12.1 Å². The van der Waals surface area contributed by atoms with Gasteiger partial charge in [0.05, 0.1) is 35.6 Å². The fourth-order valence-corrected chi connectivity index (χ4v) is 3.35. The Morgan fingerprint density at radius 2 is 1.86 bits per heavy atom. The lowest BCUT2D eigenvalue weighted by molar-refractivity contribution is 0.0935. The van der Waals surface area contributed by atoms with Crippen molar-refractivity contribution in [1.82, 2.24) is 19.9 Å². The van der Waals surface area contributed by atoms with Crippen LogP contribution in [0.5, 0.6) is 0 Å².